The number of nitrogens with zero attached hydrogens (tertiary/aromatic N) is 2. The summed E-state index contributed by atoms with van der Waals surface area (Å²) in [5.74, 6) is -1.10. The number of ether oxygens (including phenoxy) is 1. The van der Waals surface area contributed by atoms with E-state index in [2.05, 4.69) is 4.98 Å². The van der Waals surface area contributed by atoms with Gasteiger partial charge in [0.2, 0.25) is 0 Å². The van der Waals surface area contributed by atoms with E-state index in [1.54, 1.807) is 12.1 Å². The van der Waals surface area contributed by atoms with Gasteiger partial charge in [-0.1, -0.05) is 46.9 Å². The van der Waals surface area contributed by atoms with Crippen molar-refractivity contribution in [3.05, 3.63) is 49.9 Å². The van der Waals surface area contributed by atoms with Gasteiger partial charge < -0.3 is 9.84 Å². The second-order valence-corrected chi connectivity index (χ2v) is 8.77. The minimum absolute atomic E-state index is 0.125. The van der Waals surface area contributed by atoms with Crippen molar-refractivity contribution in [2.24, 2.45) is 0 Å². The van der Waals surface area contributed by atoms with E-state index in [-0.39, 0.29) is 6.54 Å². The number of aromatic nitrogens is 1. The van der Waals surface area contributed by atoms with Crippen molar-refractivity contribution in [3.63, 3.8) is 0 Å². The number of carboxylic acids is 1. The molecule has 1 aromatic heterocycles. The van der Waals surface area contributed by atoms with Gasteiger partial charge in [-0.25, -0.2) is 4.98 Å². The van der Waals surface area contributed by atoms with Crippen LogP contribution in [0.25, 0.3) is 10.2 Å². The summed E-state index contributed by atoms with van der Waals surface area (Å²) in [6, 6.07) is 6.88. The number of hydrogen-bond donors (Lipinski definition) is 1. The van der Waals surface area contributed by atoms with Crippen LogP contribution in [0.3, 0.4) is 0 Å². The fraction of sp³-hybridized carbons (Fsp3) is 0.211. The van der Waals surface area contributed by atoms with Crippen molar-refractivity contribution in [1.82, 2.24) is 4.98 Å². The maximum atomic E-state index is 13.0. The molecule has 2 aromatic carbocycles. The highest BCUT2D eigenvalue weighted by Gasteiger charge is 2.37. The zero-order valence-corrected chi connectivity index (χ0v) is 18.0. The molecule has 3 aromatic rings. The van der Waals surface area contributed by atoms with E-state index in [0.29, 0.717) is 41.7 Å². The minimum atomic E-state index is -1.12. The van der Waals surface area contributed by atoms with Crippen LogP contribution in [0.1, 0.15) is 17.0 Å². The normalized spacial score (nSPS) is 16.1. The minimum Gasteiger partial charge on any atom is -0.481 e. The van der Waals surface area contributed by atoms with E-state index in [9.17, 15) is 9.59 Å². The zero-order valence-electron chi connectivity index (χ0n) is 14.9. The molecule has 10 heteroatoms. The predicted molar refractivity (Wildman–Crippen MR) is 114 cm³/mol. The smallest absolute Gasteiger partial charge is 0.307 e. The predicted octanol–water partition coefficient (Wildman–Crippen LogP) is 5.33. The first-order valence-corrected chi connectivity index (χ1v) is 10.4. The molecule has 4 rings (SSSR count). The highest BCUT2D eigenvalue weighted by atomic mass is 35.5. The molecule has 0 aliphatic carbocycles. The number of amides is 1. The van der Waals surface area contributed by atoms with Crippen molar-refractivity contribution in [2.45, 2.75) is 26.0 Å². The fourth-order valence-corrected chi connectivity index (χ4v) is 5.13. The number of hydrogen-bond acceptors (Lipinski definition) is 5. The number of aryl methyl sites for hydroxylation is 1. The summed E-state index contributed by atoms with van der Waals surface area (Å²) in [6.07, 6.45) is -1.55. The molecule has 0 fully saturated rings. The molecular formula is C19H13Cl3N2O4S. The molecule has 1 atom stereocenters. The highest BCUT2D eigenvalue weighted by Crippen LogP contribution is 2.42. The Labute approximate surface area is 184 Å². The Morgan fingerprint density at radius 3 is 2.79 bits per heavy atom. The van der Waals surface area contributed by atoms with Gasteiger partial charge >= 0.3 is 5.97 Å². The third-order valence-electron chi connectivity index (χ3n) is 4.49. The van der Waals surface area contributed by atoms with Gasteiger partial charge in [0.15, 0.2) is 6.10 Å². The van der Waals surface area contributed by atoms with Crippen molar-refractivity contribution >= 4 is 73.9 Å². The molecule has 1 unspecified atom stereocenters. The standard InChI is InChI=1S/C19H13Cl3N2O4S/c1-8-3-2-4-11-17(8)24(19(27)12(28-11)6-14(25)26)7-13-23-16-10(21)5-9(20)15(22)18(16)29-13/h2-5,12H,6-7H2,1H3,(H,25,26). The van der Waals surface area contributed by atoms with Gasteiger partial charge in [-0.15, -0.1) is 11.3 Å². The maximum absolute atomic E-state index is 13.0. The molecule has 150 valence electrons. The number of anilines is 1. The van der Waals surface area contributed by atoms with Gasteiger partial charge in [-0.2, -0.15) is 0 Å². The number of fused-ring (bicyclic) bond motifs is 2. The van der Waals surface area contributed by atoms with Crippen molar-refractivity contribution in [2.75, 3.05) is 4.90 Å². The number of halogens is 3. The van der Waals surface area contributed by atoms with Gasteiger partial charge in [-0.3, -0.25) is 14.5 Å². The Bertz CT molecular complexity index is 1160. The van der Waals surface area contributed by atoms with E-state index in [1.165, 1.54) is 22.3 Å². The van der Waals surface area contributed by atoms with Gasteiger partial charge in [0.1, 0.15) is 16.3 Å². The van der Waals surface area contributed by atoms with Gasteiger partial charge in [-0.05, 0) is 24.6 Å². The van der Waals surface area contributed by atoms with Gasteiger partial charge in [0, 0.05) is 0 Å². The number of thiazole rings is 1. The third-order valence-corrected chi connectivity index (χ3v) is 6.74. The van der Waals surface area contributed by atoms with E-state index >= 15 is 0 Å². The molecule has 1 aliphatic rings. The van der Waals surface area contributed by atoms with Crippen molar-refractivity contribution < 1.29 is 19.4 Å². The lowest BCUT2D eigenvalue weighted by atomic mass is 10.1. The second-order valence-electron chi connectivity index (χ2n) is 6.49. The lowest BCUT2D eigenvalue weighted by Gasteiger charge is -2.34. The lowest BCUT2D eigenvalue weighted by molar-refractivity contribution is -0.142. The first kappa shape index (κ1) is 20.2. The number of para-hydroxylation sites is 1. The zero-order chi connectivity index (χ0) is 20.9. The molecule has 0 saturated heterocycles. The maximum Gasteiger partial charge on any atom is 0.307 e. The molecule has 29 heavy (non-hydrogen) atoms. The van der Waals surface area contributed by atoms with Crippen LogP contribution in [0, 0.1) is 6.92 Å². The number of aliphatic carboxylic acids is 1. The molecule has 0 radical (unpaired) electrons. The van der Waals surface area contributed by atoms with E-state index < -0.39 is 24.4 Å². The molecule has 2 heterocycles. The fourth-order valence-electron chi connectivity index (χ4n) is 3.23. The summed E-state index contributed by atoms with van der Waals surface area (Å²) in [5, 5.41) is 10.8. The highest BCUT2D eigenvalue weighted by molar-refractivity contribution is 7.19. The van der Waals surface area contributed by atoms with Gasteiger partial charge in [0.05, 0.1) is 38.4 Å². The van der Waals surface area contributed by atoms with Crippen LogP contribution < -0.4 is 9.64 Å². The number of carbonyl (C=O) groups excluding carboxylic acids is 1. The summed E-state index contributed by atoms with van der Waals surface area (Å²) >= 11 is 19.9. The summed E-state index contributed by atoms with van der Waals surface area (Å²) in [6.45, 7) is 1.98. The Hall–Kier alpha value is -2.06. The average molecular weight is 472 g/mol. The molecule has 0 saturated carbocycles. The Kier molecular flexibility index (Phi) is 5.33. The summed E-state index contributed by atoms with van der Waals surface area (Å²) in [7, 11) is 0. The van der Waals surface area contributed by atoms with E-state index in [1.807, 2.05) is 13.0 Å². The molecular weight excluding hydrogens is 459 g/mol. The SMILES string of the molecule is Cc1cccc2c1N(Cc1nc3c(Cl)cc(Cl)c(Cl)c3s1)C(=O)C(CC(=O)O)O2. The number of rotatable bonds is 4. The summed E-state index contributed by atoms with van der Waals surface area (Å²) in [4.78, 5) is 30.2. The Balaban J connectivity index is 1.78. The molecule has 0 bridgehead atoms. The largest absolute Gasteiger partial charge is 0.481 e. The quantitative estimate of drug-likeness (QED) is 0.520. The van der Waals surface area contributed by atoms with E-state index in [4.69, 9.17) is 44.6 Å². The van der Waals surface area contributed by atoms with Crippen molar-refractivity contribution in [1.29, 1.82) is 0 Å². The second kappa shape index (κ2) is 7.65. The van der Waals surface area contributed by atoms with Crippen LogP contribution in [0.2, 0.25) is 15.1 Å². The molecule has 1 N–H and O–H groups in total. The Morgan fingerprint density at radius 1 is 1.31 bits per heavy atom. The van der Waals surface area contributed by atoms with Crippen molar-refractivity contribution in [3.8, 4) is 5.75 Å². The monoisotopic (exact) mass is 470 g/mol. The lowest BCUT2D eigenvalue weighted by Crippen LogP contribution is -2.46. The van der Waals surface area contributed by atoms with Crippen LogP contribution >= 0.6 is 46.1 Å². The van der Waals surface area contributed by atoms with Crippen LogP contribution in [-0.2, 0) is 16.1 Å². The molecule has 1 amide bonds. The van der Waals surface area contributed by atoms with Crippen LogP contribution in [0.15, 0.2) is 24.3 Å². The third kappa shape index (κ3) is 3.64. The summed E-state index contributed by atoms with van der Waals surface area (Å²) in [5.41, 5.74) is 1.92. The molecule has 0 spiro atoms. The number of carbonyl (C=O) groups is 2. The van der Waals surface area contributed by atoms with Gasteiger partial charge in [0.25, 0.3) is 5.91 Å². The molecule has 1 aliphatic heterocycles. The first-order valence-electron chi connectivity index (χ1n) is 8.48. The van der Waals surface area contributed by atoms with Crippen LogP contribution in [0.5, 0.6) is 5.75 Å². The summed E-state index contributed by atoms with van der Waals surface area (Å²) < 4.78 is 6.30. The van der Waals surface area contributed by atoms with E-state index in [0.717, 1.165) is 5.56 Å². The topological polar surface area (TPSA) is 79.7 Å². The number of benzene rings is 2. The van der Waals surface area contributed by atoms with Crippen LogP contribution in [-0.4, -0.2) is 28.1 Å². The first-order chi connectivity index (χ1) is 13.8. The van der Waals surface area contributed by atoms with Crippen LogP contribution in [0.4, 0.5) is 5.69 Å². The number of carboxylic acid groups (broad SMARTS) is 1. The molecule has 6 nitrogen and oxygen atoms in total. The Morgan fingerprint density at radius 2 is 2.07 bits per heavy atom. The average Bonchev–Trinajstić information content (AvgIpc) is 3.07.